The summed E-state index contributed by atoms with van der Waals surface area (Å²) in [6.45, 7) is 6.50. The first kappa shape index (κ1) is 23.4. The van der Waals surface area contributed by atoms with Crippen LogP contribution in [0.5, 0.6) is 5.75 Å². The molecule has 1 atom stereocenters. The van der Waals surface area contributed by atoms with Crippen LogP contribution in [0.25, 0.3) is 11.3 Å². The zero-order chi connectivity index (χ0) is 20.9. The van der Waals surface area contributed by atoms with E-state index in [1.165, 1.54) is 63.0 Å². The van der Waals surface area contributed by atoms with Gasteiger partial charge in [0.1, 0.15) is 11.6 Å². The lowest BCUT2D eigenvalue weighted by Crippen LogP contribution is -2.11. The van der Waals surface area contributed by atoms with Crippen molar-refractivity contribution in [1.82, 2.24) is 4.98 Å². The minimum Gasteiger partial charge on any atom is -0.491 e. The van der Waals surface area contributed by atoms with Crippen molar-refractivity contribution in [3.63, 3.8) is 0 Å². The monoisotopic (exact) mass is 399 g/mol. The molecule has 2 aromatic rings. The van der Waals surface area contributed by atoms with Gasteiger partial charge in [-0.15, -0.1) is 0 Å². The molecule has 1 aromatic carbocycles. The highest BCUT2D eigenvalue weighted by Crippen LogP contribution is 2.26. The topological polar surface area (TPSA) is 22.1 Å². The molecular formula is C26H38FNO. The van der Waals surface area contributed by atoms with Crippen molar-refractivity contribution >= 4 is 0 Å². The largest absolute Gasteiger partial charge is 0.491 e. The van der Waals surface area contributed by atoms with E-state index in [2.05, 4.69) is 31.8 Å². The second-order valence-electron chi connectivity index (χ2n) is 8.14. The molecule has 160 valence electrons. The molecule has 0 spiro atoms. The third kappa shape index (κ3) is 8.55. The van der Waals surface area contributed by atoms with Gasteiger partial charge in [0.25, 0.3) is 0 Å². The first-order valence-electron chi connectivity index (χ1n) is 11.6. The van der Waals surface area contributed by atoms with E-state index in [0.29, 0.717) is 17.0 Å². The fraction of sp³-hybridized carbons (Fsp3) is 0.577. The summed E-state index contributed by atoms with van der Waals surface area (Å²) in [6, 6.07) is 9.12. The van der Waals surface area contributed by atoms with Gasteiger partial charge >= 0.3 is 0 Å². The number of hydrogen-bond donors (Lipinski definition) is 0. The Kier molecular flexibility index (Phi) is 10.8. The molecule has 0 radical (unpaired) electrons. The van der Waals surface area contributed by atoms with E-state index in [9.17, 15) is 4.39 Å². The molecular weight excluding hydrogens is 361 g/mol. The third-order valence-corrected chi connectivity index (χ3v) is 5.41. The summed E-state index contributed by atoms with van der Waals surface area (Å²) in [7, 11) is 0. The predicted molar refractivity (Wildman–Crippen MR) is 121 cm³/mol. The Morgan fingerprint density at radius 3 is 2.28 bits per heavy atom. The Labute approximate surface area is 176 Å². The normalized spacial score (nSPS) is 12.1. The van der Waals surface area contributed by atoms with Crippen LogP contribution in [0.2, 0.25) is 0 Å². The van der Waals surface area contributed by atoms with Crippen molar-refractivity contribution in [2.24, 2.45) is 0 Å². The van der Waals surface area contributed by atoms with E-state index in [1.54, 1.807) is 6.07 Å². The van der Waals surface area contributed by atoms with Gasteiger partial charge in [-0.25, -0.2) is 4.39 Å². The maximum atomic E-state index is 14.6. The lowest BCUT2D eigenvalue weighted by Gasteiger charge is -2.15. The van der Waals surface area contributed by atoms with E-state index in [-0.39, 0.29) is 11.9 Å². The predicted octanol–water partition coefficient (Wildman–Crippen LogP) is 8.14. The average molecular weight is 400 g/mol. The molecule has 0 aliphatic heterocycles. The summed E-state index contributed by atoms with van der Waals surface area (Å²) in [5.74, 6) is 0.318. The number of unbranched alkanes of at least 4 members (excludes halogenated alkanes) is 7. The Morgan fingerprint density at radius 2 is 1.62 bits per heavy atom. The smallest absolute Gasteiger partial charge is 0.136 e. The van der Waals surface area contributed by atoms with Crippen LogP contribution in [-0.2, 0) is 6.42 Å². The van der Waals surface area contributed by atoms with Crippen molar-refractivity contribution in [1.29, 1.82) is 0 Å². The van der Waals surface area contributed by atoms with Crippen LogP contribution in [0.15, 0.2) is 36.5 Å². The van der Waals surface area contributed by atoms with Gasteiger partial charge in [0.15, 0.2) is 0 Å². The van der Waals surface area contributed by atoms with E-state index >= 15 is 0 Å². The molecule has 2 nitrogen and oxygen atoms in total. The van der Waals surface area contributed by atoms with Gasteiger partial charge in [-0.2, -0.15) is 0 Å². The maximum absolute atomic E-state index is 14.6. The van der Waals surface area contributed by atoms with Crippen LogP contribution in [0.3, 0.4) is 0 Å². The number of pyridine rings is 1. The Bertz CT molecular complexity index is 698. The summed E-state index contributed by atoms with van der Waals surface area (Å²) in [5, 5.41) is 0. The minimum absolute atomic E-state index is 0.104. The Balaban J connectivity index is 1.87. The fourth-order valence-electron chi connectivity index (χ4n) is 3.59. The number of aryl methyl sites for hydroxylation is 1. The molecule has 0 bridgehead atoms. The molecule has 0 aliphatic carbocycles. The lowest BCUT2D eigenvalue weighted by molar-refractivity contribution is 0.205. The van der Waals surface area contributed by atoms with Crippen molar-refractivity contribution < 1.29 is 9.13 Å². The number of ether oxygens (including phenoxy) is 1. The quantitative estimate of drug-likeness (QED) is 0.299. The first-order chi connectivity index (χ1) is 14.1. The Hall–Kier alpha value is -1.90. The first-order valence-corrected chi connectivity index (χ1v) is 11.6. The van der Waals surface area contributed by atoms with E-state index in [0.717, 1.165) is 19.3 Å². The van der Waals surface area contributed by atoms with Gasteiger partial charge in [0.2, 0.25) is 0 Å². The van der Waals surface area contributed by atoms with Crippen molar-refractivity contribution in [2.45, 2.75) is 97.5 Å². The summed E-state index contributed by atoms with van der Waals surface area (Å²) in [5.41, 5.74) is 2.43. The van der Waals surface area contributed by atoms with Gasteiger partial charge in [-0.1, -0.05) is 64.9 Å². The molecule has 0 N–H and O–H groups in total. The summed E-state index contributed by atoms with van der Waals surface area (Å²) in [4.78, 5) is 4.49. The second-order valence-corrected chi connectivity index (χ2v) is 8.14. The van der Waals surface area contributed by atoms with Crippen LogP contribution >= 0.6 is 0 Å². The van der Waals surface area contributed by atoms with E-state index in [1.807, 2.05) is 18.3 Å². The second kappa shape index (κ2) is 13.3. The molecule has 0 aliphatic rings. The van der Waals surface area contributed by atoms with Crippen molar-refractivity contribution in [3.05, 3.63) is 47.9 Å². The van der Waals surface area contributed by atoms with Crippen LogP contribution in [0.4, 0.5) is 4.39 Å². The van der Waals surface area contributed by atoms with Crippen molar-refractivity contribution in [3.8, 4) is 17.0 Å². The number of halogens is 1. The van der Waals surface area contributed by atoms with Gasteiger partial charge < -0.3 is 4.74 Å². The van der Waals surface area contributed by atoms with Gasteiger partial charge in [0, 0.05) is 17.8 Å². The van der Waals surface area contributed by atoms with E-state index in [4.69, 9.17) is 4.74 Å². The number of nitrogens with zero attached hydrogens (tertiary/aromatic N) is 1. The highest BCUT2D eigenvalue weighted by molar-refractivity contribution is 5.61. The highest BCUT2D eigenvalue weighted by Gasteiger charge is 2.10. The minimum atomic E-state index is -0.277. The molecule has 29 heavy (non-hydrogen) atoms. The van der Waals surface area contributed by atoms with Crippen LogP contribution in [-0.4, -0.2) is 11.1 Å². The summed E-state index contributed by atoms with van der Waals surface area (Å²) in [6.07, 6.45) is 15.3. The molecule has 0 amide bonds. The maximum Gasteiger partial charge on any atom is 0.136 e. The molecule has 0 saturated heterocycles. The fourth-order valence-corrected chi connectivity index (χ4v) is 3.59. The number of rotatable bonds is 14. The standard InChI is InChI=1S/C26H38FNO/c1-4-6-8-10-12-14-22-15-18-26(28-20-22)24-17-16-23(19-25(24)27)29-21(3)13-11-9-7-5-2/h15-21H,4-14H2,1-3H3/t21-/m0/s1. The number of aromatic nitrogens is 1. The lowest BCUT2D eigenvalue weighted by atomic mass is 10.1. The summed E-state index contributed by atoms with van der Waals surface area (Å²) < 4.78 is 20.5. The van der Waals surface area contributed by atoms with Crippen LogP contribution in [0, 0.1) is 5.82 Å². The zero-order valence-corrected chi connectivity index (χ0v) is 18.6. The number of benzene rings is 1. The van der Waals surface area contributed by atoms with Gasteiger partial charge in [-0.3, -0.25) is 4.98 Å². The molecule has 1 heterocycles. The Morgan fingerprint density at radius 1 is 0.897 bits per heavy atom. The molecule has 3 heteroatoms. The number of hydrogen-bond acceptors (Lipinski definition) is 2. The average Bonchev–Trinajstić information content (AvgIpc) is 2.72. The van der Waals surface area contributed by atoms with Gasteiger partial charge in [0.05, 0.1) is 11.8 Å². The van der Waals surface area contributed by atoms with Crippen molar-refractivity contribution in [2.75, 3.05) is 0 Å². The molecule has 1 aromatic heterocycles. The third-order valence-electron chi connectivity index (χ3n) is 5.41. The molecule has 2 rings (SSSR count). The molecule has 0 unspecified atom stereocenters. The molecule has 0 fully saturated rings. The SMILES string of the molecule is CCCCCCCc1ccc(-c2ccc(O[C@@H](C)CCCCCC)cc2F)nc1. The zero-order valence-electron chi connectivity index (χ0n) is 18.6. The van der Waals surface area contributed by atoms with Crippen LogP contribution in [0.1, 0.15) is 90.5 Å². The highest BCUT2D eigenvalue weighted by atomic mass is 19.1. The molecule has 0 saturated carbocycles. The summed E-state index contributed by atoms with van der Waals surface area (Å²) >= 11 is 0. The van der Waals surface area contributed by atoms with E-state index < -0.39 is 0 Å². The van der Waals surface area contributed by atoms with Gasteiger partial charge in [-0.05, 0) is 56.4 Å². The van der Waals surface area contributed by atoms with Crippen LogP contribution < -0.4 is 4.74 Å².